The quantitative estimate of drug-likeness (QED) is 0.667. The second-order valence-corrected chi connectivity index (χ2v) is 6.48. The molecule has 0 atom stereocenters. The molecule has 126 valence electrons. The minimum Gasteiger partial charge on any atom is -0.382 e. The molecule has 0 spiro atoms. The first-order valence-corrected chi connectivity index (χ1v) is 8.39. The van der Waals surface area contributed by atoms with E-state index in [0.717, 1.165) is 38.0 Å². The third kappa shape index (κ3) is 4.32. The van der Waals surface area contributed by atoms with Gasteiger partial charge in [-0.1, -0.05) is 29.8 Å². The highest BCUT2D eigenvalue weighted by Crippen LogP contribution is 2.19. The van der Waals surface area contributed by atoms with E-state index in [0.29, 0.717) is 6.04 Å². The maximum atomic E-state index is 10.7. The third-order valence-electron chi connectivity index (χ3n) is 4.56. The number of piperidine rings is 1. The molecule has 0 bridgehead atoms. The highest BCUT2D eigenvalue weighted by molar-refractivity contribution is 5.45. The maximum absolute atomic E-state index is 10.7. The fraction of sp³-hybridized carbons (Fsp3) is 0.368. The van der Waals surface area contributed by atoms with Gasteiger partial charge in [0.2, 0.25) is 0 Å². The minimum atomic E-state index is -0.355. The van der Waals surface area contributed by atoms with E-state index < -0.39 is 0 Å². The van der Waals surface area contributed by atoms with E-state index in [-0.39, 0.29) is 10.6 Å². The molecule has 0 saturated carbocycles. The van der Waals surface area contributed by atoms with Crippen molar-refractivity contribution in [2.45, 2.75) is 32.4 Å². The number of aryl methyl sites for hydroxylation is 1. The number of benzene rings is 2. The lowest BCUT2D eigenvalue weighted by atomic mass is 10.0. The lowest BCUT2D eigenvalue weighted by Gasteiger charge is -2.32. The zero-order valence-electron chi connectivity index (χ0n) is 13.9. The number of nitrogens with zero attached hydrogens (tertiary/aromatic N) is 2. The SMILES string of the molecule is Cc1ccc(NC2CCN(Cc3ccc([N+](=O)[O-])cc3)CC2)cc1. The van der Waals surface area contributed by atoms with Crippen molar-refractivity contribution in [2.24, 2.45) is 0 Å². The van der Waals surface area contributed by atoms with Crippen molar-refractivity contribution in [3.63, 3.8) is 0 Å². The molecule has 1 N–H and O–H groups in total. The van der Waals surface area contributed by atoms with Crippen LogP contribution in [-0.4, -0.2) is 29.0 Å². The van der Waals surface area contributed by atoms with Gasteiger partial charge in [-0.2, -0.15) is 0 Å². The van der Waals surface area contributed by atoms with Gasteiger partial charge < -0.3 is 5.32 Å². The summed E-state index contributed by atoms with van der Waals surface area (Å²) in [5.74, 6) is 0. The number of nitrogens with one attached hydrogen (secondary N) is 1. The second kappa shape index (κ2) is 7.45. The number of non-ortho nitro benzene ring substituents is 1. The normalized spacial score (nSPS) is 16.0. The Labute approximate surface area is 142 Å². The highest BCUT2D eigenvalue weighted by Gasteiger charge is 2.19. The van der Waals surface area contributed by atoms with Gasteiger partial charge >= 0.3 is 0 Å². The zero-order chi connectivity index (χ0) is 16.9. The van der Waals surface area contributed by atoms with E-state index in [1.807, 2.05) is 12.1 Å². The van der Waals surface area contributed by atoms with Crippen LogP contribution in [0.3, 0.4) is 0 Å². The van der Waals surface area contributed by atoms with Gasteiger partial charge in [0.1, 0.15) is 0 Å². The van der Waals surface area contributed by atoms with Crippen LogP contribution < -0.4 is 5.32 Å². The molecular formula is C19H23N3O2. The molecule has 0 unspecified atom stereocenters. The smallest absolute Gasteiger partial charge is 0.269 e. The molecule has 0 amide bonds. The van der Waals surface area contributed by atoms with Crippen molar-refractivity contribution < 1.29 is 4.92 Å². The standard InChI is InChI=1S/C19H23N3O2/c1-15-2-6-17(7-3-15)20-18-10-12-21(13-11-18)14-16-4-8-19(9-5-16)22(23)24/h2-9,18,20H,10-14H2,1H3. The first kappa shape index (κ1) is 16.5. The van der Waals surface area contributed by atoms with Gasteiger partial charge in [0, 0.05) is 43.5 Å². The van der Waals surface area contributed by atoms with E-state index in [1.54, 1.807) is 12.1 Å². The molecule has 1 fully saturated rings. The summed E-state index contributed by atoms with van der Waals surface area (Å²) in [6.07, 6.45) is 2.22. The van der Waals surface area contributed by atoms with E-state index in [2.05, 4.69) is 41.4 Å². The summed E-state index contributed by atoms with van der Waals surface area (Å²) in [5, 5.41) is 14.3. The van der Waals surface area contributed by atoms with Crippen LogP contribution in [0, 0.1) is 17.0 Å². The van der Waals surface area contributed by atoms with E-state index in [9.17, 15) is 10.1 Å². The molecule has 5 heteroatoms. The summed E-state index contributed by atoms with van der Waals surface area (Å²) in [6.45, 7) is 5.04. The summed E-state index contributed by atoms with van der Waals surface area (Å²) in [6, 6.07) is 15.9. The van der Waals surface area contributed by atoms with Crippen LogP contribution in [0.25, 0.3) is 0 Å². The predicted octanol–water partition coefficient (Wildman–Crippen LogP) is 3.98. The summed E-state index contributed by atoms with van der Waals surface area (Å²) in [7, 11) is 0. The van der Waals surface area contributed by atoms with Gasteiger partial charge in [-0.25, -0.2) is 0 Å². The van der Waals surface area contributed by atoms with Crippen LogP contribution in [-0.2, 0) is 6.54 Å². The Kier molecular flexibility index (Phi) is 5.11. The molecule has 3 rings (SSSR count). The van der Waals surface area contributed by atoms with Crippen molar-refractivity contribution in [1.29, 1.82) is 0 Å². The van der Waals surface area contributed by atoms with Gasteiger partial charge in [-0.3, -0.25) is 15.0 Å². The minimum absolute atomic E-state index is 0.153. The average molecular weight is 325 g/mol. The summed E-state index contributed by atoms with van der Waals surface area (Å²) in [4.78, 5) is 12.8. The van der Waals surface area contributed by atoms with Gasteiger partial charge in [0.25, 0.3) is 5.69 Å². The lowest BCUT2D eigenvalue weighted by Crippen LogP contribution is -2.38. The van der Waals surface area contributed by atoms with Gasteiger partial charge in [-0.05, 0) is 37.5 Å². The van der Waals surface area contributed by atoms with Crippen molar-refractivity contribution in [3.8, 4) is 0 Å². The molecule has 1 heterocycles. The number of nitro benzene ring substituents is 1. The van der Waals surface area contributed by atoms with Crippen LogP contribution in [0.15, 0.2) is 48.5 Å². The Morgan fingerprint density at radius 2 is 1.71 bits per heavy atom. The largest absolute Gasteiger partial charge is 0.382 e. The summed E-state index contributed by atoms with van der Waals surface area (Å²) >= 11 is 0. The molecule has 24 heavy (non-hydrogen) atoms. The lowest BCUT2D eigenvalue weighted by molar-refractivity contribution is -0.384. The van der Waals surface area contributed by atoms with Gasteiger partial charge in [0.05, 0.1) is 4.92 Å². The molecular weight excluding hydrogens is 302 g/mol. The predicted molar refractivity (Wildman–Crippen MR) is 96.2 cm³/mol. The maximum Gasteiger partial charge on any atom is 0.269 e. The second-order valence-electron chi connectivity index (χ2n) is 6.48. The number of nitro groups is 1. The van der Waals surface area contributed by atoms with Gasteiger partial charge in [0.15, 0.2) is 0 Å². The molecule has 2 aromatic carbocycles. The fourth-order valence-corrected chi connectivity index (χ4v) is 3.10. The Bertz CT molecular complexity index is 675. The molecule has 0 aromatic heterocycles. The summed E-state index contributed by atoms with van der Waals surface area (Å²) in [5.41, 5.74) is 3.75. The molecule has 0 radical (unpaired) electrons. The Morgan fingerprint density at radius 3 is 2.29 bits per heavy atom. The molecule has 0 aliphatic carbocycles. The van der Waals surface area contributed by atoms with Crippen LogP contribution in [0.5, 0.6) is 0 Å². The molecule has 1 aliphatic heterocycles. The third-order valence-corrected chi connectivity index (χ3v) is 4.56. The number of anilines is 1. The fourth-order valence-electron chi connectivity index (χ4n) is 3.10. The van der Waals surface area contributed by atoms with E-state index in [1.165, 1.54) is 11.3 Å². The van der Waals surface area contributed by atoms with Crippen LogP contribution in [0.1, 0.15) is 24.0 Å². The van der Waals surface area contributed by atoms with Crippen molar-refractivity contribution in [2.75, 3.05) is 18.4 Å². The Hall–Kier alpha value is -2.40. The number of likely N-dealkylation sites (tertiary alicyclic amines) is 1. The van der Waals surface area contributed by atoms with Gasteiger partial charge in [-0.15, -0.1) is 0 Å². The monoisotopic (exact) mass is 325 g/mol. The number of hydrogen-bond acceptors (Lipinski definition) is 4. The molecule has 1 aliphatic rings. The van der Waals surface area contributed by atoms with Crippen molar-refractivity contribution in [3.05, 3.63) is 69.8 Å². The molecule has 5 nitrogen and oxygen atoms in total. The average Bonchev–Trinajstić information content (AvgIpc) is 2.59. The molecule has 1 saturated heterocycles. The summed E-state index contributed by atoms with van der Waals surface area (Å²) < 4.78 is 0. The Morgan fingerprint density at radius 1 is 1.08 bits per heavy atom. The van der Waals surface area contributed by atoms with Crippen molar-refractivity contribution in [1.82, 2.24) is 4.90 Å². The Balaban J connectivity index is 1.48. The first-order valence-electron chi connectivity index (χ1n) is 8.39. The number of rotatable bonds is 5. The van der Waals surface area contributed by atoms with Crippen LogP contribution in [0.2, 0.25) is 0 Å². The van der Waals surface area contributed by atoms with E-state index in [4.69, 9.17) is 0 Å². The first-order chi connectivity index (χ1) is 11.6. The number of hydrogen-bond donors (Lipinski definition) is 1. The van der Waals surface area contributed by atoms with Crippen LogP contribution in [0.4, 0.5) is 11.4 Å². The van der Waals surface area contributed by atoms with Crippen molar-refractivity contribution >= 4 is 11.4 Å². The van der Waals surface area contributed by atoms with Crippen LogP contribution >= 0.6 is 0 Å². The zero-order valence-corrected chi connectivity index (χ0v) is 13.9. The topological polar surface area (TPSA) is 58.4 Å². The van der Waals surface area contributed by atoms with E-state index >= 15 is 0 Å². The highest BCUT2D eigenvalue weighted by atomic mass is 16.6. The molecule has 2 aromatic rings.